The number of ether oxygens (including phenoxy) is 4. The van der Waals surface area contributed by atoms with Gasteiger partial charge in [-0.3, -0.25) is 37.3 Å². The van der Waals surface area contributed by atoms with Crippen LogP contribution in [0.15, 0.2) is 0 Å². The summed E-state index contributed by atoms with van der Waals surface area (Å²) in [5.41, 5.74) is 0. The Kier molecular flexibility index (Phi) is 69.3. The minimum Gasteiger partial charge on any atom is -0.462 e. The van der Waals surface area contributed by atoms with Crippen molar-refractivity contribution < 1.29 is 80.2 Å². The molecule has 17 nitrogen and oxygen atoms in total. The standard InChI is InChI=1S/C79H154O17P2/c1-7-9-11-13-15-17-19-21-23-25-27-31-36-40-44-52-58-63-78(83)95-74(67-89-76(81)61-55-49-42-38-34-32-28-29-33-37-41-47-53-59-71(3)4)69-93-97(85,86)91-65-73(80)66-92-98(87,88)94-70-75(68-90-77(82)62-56-50-46-45-48-54-60-72(5)6)96-79(84)64-57-51-43-39-35-30-26-24-22-20-18-16-14-12-10-8-2/h71-75,80H,7-70H2,1-6H3,(H,85,86)(H,87,88)/t73-,74-,75-/m1/s1. The molecule has 3 N–H and O–H groups in total. The number of aliphatic hydroxyl groups excluding tert-OH is 1. The van der Waals surface area contributed by atoms with Gasteiger partial charge in [0.25, 0.3) is 0 Å². The Morgan fingerprint density at radius 1 is 0.276 bits per heavy atom. The van der Waals surface area contributed by atoms with Crippen molar-refractivity contribution in [3.8, 4) is 0 Å². The molecule has 0 aromatic rings. The number of unbranched alkanes of at least 4 members (excludes halogenated alkanes) is 48. The SMILES string of the molecule is CCCCCCCCCCCCCCCCCCCC(=O)O[C@H](COC(=O)CCCCCCCCCCCCCCCC(C)C)COP(=O)(O)OC[C@@H](O)COP(=O)(O)OC[C@@H](COC(=O)CCCCCCCCC(C)C)OC(=O)CCCCCCCCCCCCCCCCCC. The summed E-state index contributed by atoms with van der Waals surface area (Å²) in [4.78, 5) is 72.9. The lowest BCUT2D eigenvalue weighted by Crippen LogP contribution is -2.30. The molecule has 5 atom stereocenters. The van der Waals surface area contributed by atoms with Gasteiger partial charge in [0.05, 0.1) is 26.4 Å². The lowest BCUT2D eigenvalue weighted by molar-refractivity contribution is -0.161. The van der Waals surface area contributed by atoms with Gasteiger partial charge in [-0.15, -0.1) is 0 Å². The summed E-state index contributed by atoms with van der Waals surface area (Å²) in [6, 6.07) is 0. The quantitative estimate of drug-likeness (QED) is 0.0222. The summed E-state index contributed by atoms with van der Waals surface area (Å²) in [5, 5.41) is 10.6. The summed E-state index contributed by atoms with van der Waals surface area (Å²) in [7, 11) is -9.92. The van der Waals surface area contributed by atoms with Crippen molar-refractivity contribution in [1.29, 1.82) is 0 Å². The van der Waals surface area contributed by atoms with E-state index in [9.17, 15) is 43.2 Å². The zero-order chi connectivity index (χ0) is 72.1. The number of esters is 4. The van der Waals surface area contributed by atoms with E-state index in [4.69, 9.17) is 37.0 Å². The molecule has 0 heterocycles. The molecule has 0 rings (SSSR count). The number of phosphoric ester groups is 2. The molecule has 19 heteroatoms. The first kappa shape index (κ1) is 96.1. The Hall–Kier alpha value is -1.94. The van der Waals surface area contributed by atoms with Gasteiger partial charge >= 0.3 is 39.5 Å². The number of hydrogen-bond donors (Lipinski definition) is 3. The normalized spacial score (nSPS) is 13.9. The van der Waals surface area contributed by atoms with Crippen LogP contribution in [-0.2, 0) is 65.4 Å². The van der Waals surface area contributed by atoms with E-state index < -0.39 is 97.5 Å². The molecule has 0 saturated carbocycles. The second kappa shape index (κ2) is 70.7. The predicted molar refractivity (Wildman–Crippen MR) is 400 cm³/mol. The maximum absolute atomic E-state index is 13.1. The van der Waals surface area contributed by atoms with Crippen molar-refractivity contribution in [2.75, 3.05) is 39.6 Å². The van der Waals surface area contributed by atoms with E-state index in [0.717, 1.165) is 102 Å². The van der Waals surface area contributed by atoms with Gasteiger partial charge in [0.2, 0.25) is 0 Å². The number of carbonyl (C=O) groups excluding carboxylic acids is 4. The molecular formula is C79H154O17P2. The monoisotopic (exact) mass is 1440 g/mol. The average molecular weight is 1440 g/mol. The van der Waals surface area contributed by atoms with E-state index in [0.29, 0.717) is 31.6 Å². The largest absolute Gasteiger partial charge is 0.472 e. The molecule has 0 aliphatic carbocycles. The van der Waals surface area contributed by atoms with E-state index in [1.54, 1.807) is 0 Å². The third kappa shape index (κ3) is 72.4. The molecule has 2 unspecified atom stereocenters. The average Bonchev–Trinajstić information content (AvgIpc) is 1.04. The Morgan fingerprint density at radius 2 is 0.469 bits per heavy atom. The minimum absolute atomic E-state index is 0.107. The predicted octanol–water partition coefficient (Wildman–Crippen LogP) is 23.5. The Labute approximate surface area is 600 Å². The van der Waals surface area contributed by atoms with Gasteiger partial charge in [-0.2, -0.15) is 0 Å². The molecule has 0 aromatic heterocycles. The number of phosphoric acid groups is 2. The van der Waals surface area contributed by atoms with Crippen molar-refractivity contribution >= 4 is 39.5 Å². The fourth-order valence-electron chi connectivity index (χ4n) is 12.2. The highest BCUT2D eigenvalue weighted by Gasteiger charge is 2.30. The van der Waals surface area contributed by atoms with Crippen molar-refractivity contribution in [3.63, 3.8) is 0 Å². The molecule has 0 aliphatic heterocycles. The van der Waals surface area contributed by atoms with Gasteiger partial charge in [0.1, 0.15) is 19.3 Å². The van der Waals surface area contributed by atoms with E-state index >= 15 is 0 Å². The van der Waals surface area contributed by atoms with Crippen LogP contribution < -0.4 is 0 Å². The van der Waals surface area contributed by atoms with Gasteiger partial charge in [0, 0.05) is 25.7 Å². The number of rotatable bonds is 78. The van der Waals surface area contributed by atoms with Gasteiger partial charge in [-0.1, -0.05) is 363 Å². The number of hydrogen-bond acceptors (Lipinski definition) is 15. The van der Waals surface area contributed by atoms with Gasteiger partial charge in [0.15, 0.2) is 12.2 Å². The minimum atomic E-state index is -4.96. The first-order chi connectivity index (χ1) is 47.4. The zero-order valence-corrected chi connectivity index (χ0v) is 65.9. The molecule has 582 valence electrons. The van der Waals surface area contributed by atoms with Gasteiger partial charge in [-0.25, -0.2) is 9.13 Å². The molecule has 98 heavy (non-hydrogen) atoms. The highest BCUT2D eigenvalue weighted by molar-refractivity contribution is 7.47. The highest BCUT2D eigenvalue weighted by atomic mass is 31.2. The van der Waals surface area contributed by atoms with Crippen molar-refractivity contribution in [3.05, 3.63) is 0 Å². The maximum Gasteiger partial charge on any atom is 0.472 e. The fraction of sp³-hybridized carbons (Fsp3) is 0.949. The smallest absolute Gasteiger partial charge is 0.462 e. The van der Waals surface area contributed by atoms with Crippen LogP contribution in [0.25, 0.3) is 0 Å². The third-order valence-electron chi connectivity index (χ3n) is 18.5. The lowest BCUT2D eigenvalue weighted by atomic mass is 10.0. The van der Waals surface area contributed by atoms with Crippen LogP contribution in [-0.4, -0.2) is 96.7 Å². The second-order valence-corrected chi connectivity index (χ2v) is 32.3. The Morgan fingerprint density at radius 3 is 0.694 bits per heavy atom. The summed E-state index contributed by atoms with van der Waals surface area (Å²) in [5.74, 6) is -0.641. The maximum atomic E-state index is 13.1. The molecule has 0 amide bonds. The summed E-state index contributed by atoms with van der Waals surface area (Å²) in [6.07, 6.45) is 59.8. The first-order valence-corrected chi connectivity index (χ1v) is 44.0. The molecule has 0 bridgehead atoms. The van der Waals surface area contributed by atoms with Crippen molar-refractivity contribution in [2.24, 2.45) is 11.8 Å². The van der Waals surface area contributed by atoms with E-state index in [2.05, 4.69) is 41.5 Å². The topological polar surface area (TPSA) is 237 Å². The lowest BCUT2D eigenvalue weighted by Gasteiger charge is -2.21. The van der Waals surface area contributed by atoms with E-state index in [1.165, 1.54) is 225 Å². The highest BCUT2D eigenvalue weighted by Crippen LogP contribution is 2.45. The summed E-state index contributed by atoms with van der Waals surface area (Å²) >= 11 is 0. The van der Waals surface area contributed by atoms with Crippen molar-refractivity contribution in [1.82, 2.24) is 0 Å². The molecular weight excluding hydrogens is 1280 g/mol. The van der Waals surface area contributed by atoms with Gasteiger partial charge < -0.3 is 33.8 Å². The van der Waals surface area contributed by atoms with Crippen LogP contribution in [0.4, 0.5) is 0 Å². The van der Waals surface area contributed by atoms with Crippen LogP contribution in [0.5, 0.6) is 0 Å². The number of carbonyl (C=O) groups is 4. The molecule has 0 fully saturated rings. The van der Waals surface area contributed by atoms with Crippen LogP contribution in [0, 0.1) is 11.8 Å². The summed E-state index contributed by atoms with van der Waals surface area (Å²) < 4.78 is 68.6. The van der Waals surface area contributed by atoms with Gasteiger partial charge in [-0.05, 0) is 37.5 Å². The number of aliphatic hydroxyl groups is 1. The molecule has 0 aliphatic rings. The van der Waals surface area contributed by atoms with Crippen LogP contribution in [0.2, 0.25) is 0 Å². The molecule has 0 aromatic carbocycles. The molecule has 0 radical (unpaired) electrons. The van der Waals surface area contributed by atoms with E-state index in [-0.39, 0.29) is 25.7 Å². The molecule has 0 saturated heterocycles. The van der Waals surface area contributed by atoms with Crippen molar-refractivity contribution in [2.45, 2.75) is 432 Å². The van der Waals surface area contributed by atoms with E-state index in [1.807, 2.05) is 0 Å². The first-order valence-electron chi connectivity index (χ1n) is 41.0. The molecule has 0 spiro atoms. The second-order valence-electron chi connectivity index (χ2n) is 29.4. The Bertz CT molecular complexity index is 1890. The van der Waals surface area contributed by atoms with Crippen LogP contribution in [0.3, 0.4) is 0 Å². The third-order valence-corrected chi connectivity index (χ3v) is 20.4. The van der Waals surface area contributed by atoms with Crippen LogP contribution >= 0.6 is 15.6 Å². The zero-order valence-electron chi connectivity index (χ0n) is 64.1. The fourth-order valence-corrected chi connectivity index (χ4v) is 13.8. The summed E-state index contributed by atoms with van der Waals surface area (Å²) in [6.45, 7) is 9.57. The Balaban J connectivity index is 5.23. The van der Waals surface area contributed by atoms with Crippen LogP contribution in [0.1, 0.15) is 414 Å².